The summed E-state index contributed by atoms with van der Waals surface area (Å²) in [5, 5.41) is 6.06. The summed E-state index contributed by atoms with van der Waals surface area (Å²) in [4.78, 5) is 0. The predicted molar refractivity (Wildman–Crippen MR) is 61.5 cm³/mol. The van der Waals surface area contributed by atoms with Gasteiger partial charge in [-0.1, -0.05) is 0 Å². The molecule has 0 atom stereocenters. The molecule has 0 fully saturated rings. The van der Waals surface area contributed by atoms with E-state index >= 15 is 0 Å². The number of nitrogens with one attached hydrogen (secondary N) is 1. The maximum Gasteiger partial charge on any atom is 0.177 e. The number of ether oxygens (including phenoxy) is 2. The molecule has 18 heavy (non-hydrogen) atoms. The van der Waals surface area contributed by atoms with Crippen LogP contribution in [0.4, 0.5) is 14.6 Å². The Kier molecular flexibility index (Phi) is 3.05. The molecule has 96 valence electrons. The monoisotopic (exact) mass is 255 g/mol. The molecule has 0 radical (unpaired) electrons. The van der Waals surface area contributed by atoms with Crippen molar-refractivity contribution in [2.24, 2.45) is 0 Å². The number of methoxy groups -OCH3 is 2. The van der Waals surface area contributed by atoms with Gasteiger partial charge in [-0.25, -0.2) is 8.78 Å². The van der Waals surface area contributed by atoms with E-state index in [-0.39, 0.29) is 28.6 Å². The molecule has 0 aliphatic carbocycles. The highest BCUT2D eigenvalue weighted by Crippen LogP contribution is 2.37. The molecule has 1 heterocycles. The van der Waals surface area contributed by atoms with Gasteiger partial charge in [0.15, 0.2) is 23.1 Å². The lowest BCUT2D eigenvalue weighted by Crippen LogP contribution is -1.99. The topological polar surface area (TPSA) is 73.2 Å². The Morgan fingerprint density at radius 3 is 2.06 bits per heavy atom. The highest BCUT2D eigenvalue weighted by atomic mass is 19.1. The number of H-pyrrole nitrogens is 1. The van der Waals surface area contributed by atoms with Crippen molar-refractivity contribution < 1.29 is 18.3 Å². The van der Waals surface area contributed by atoms with Crippen LogP contribution in [-0.4, -0.2) is 24.4 Å². The molecule has 7 heteroatoms. The number of aromatic amines is 1. The third kappa shape index (κ3) is 1.83. The summed E-state index contributed by atoms with van der Waals surface area (Å²) >= 11 is 0. The van der Waals surface area contributed by atoms with Gasteiger partial charge in [0.25, 0.3) is 0 Å². The Morgan fingerprint density at radius 2 is 1.67 bits per heavy atom. The van der Waals surface area contributed by atoms with E-state index in [9.17, 15) is 8.78 Å². The Labute approximate surface area is 102 Å². The minimum atomic E-state index is -0.848. The third-order valence-corrected chi connectivity index (χ3v) is 2.44. The van der Waals surface area contributed by atoms with Gasteiger partial charge in [0.05, 0.1) is 25.5 Å². The van der Waals surface area contributed by atoms with Crippen LogP contribution in [0.5, 0.6) is 11.5 Å². The maximum absolute atomic E-state index is 14.0. The van der Waals surface area contributed by atoms with Crippen LogP contribution in [0.15, 0.2) is 12.1 Å². The molecule has 0 saturated carbocycles. The van der Waals surface area contributed by atoms with Crippen LogP contribution in [0.1, 0.15) is 0 Å². The lowest BCUT2D eigenvalue weighted by Gasteiger charge is -2.11. The number of halogens is 2. The first-order valence-electron chi connectivity index (χ1n) is 4.99. The average molecular weight is 255 g/mol. The van der Waals surface area contributed by atoms with E-state index in [1.165, 1.54) is 20.3 Å². The second-order valence-corrected chi connectivity index (χ2v) is 3.49. The van der Waals surface area contributed by atoms with Gasteiger partial charge in [0, 0.05) is 12.1 Å². The van der Waals surface area contributed by atoms with Crippen LogP contribution in [0.2, 0.25) is 0 Å². The van der Waals surface area contributed by atoms with Crippen LogP contribution in [0.25, 0.3) is 11.3 Å². The van der Waals surface area contributed by atoms with Crippen LogP contribution in [0.3, 0.4) is 0 Å². The summed E-state index contributed by atoms with van der Waals surface area (Å²) in [6.45, 7) is 0. The molecule has 5 nitrogen and oxygen atoms in total. The SMILES string of the molecule is COc1cc(OC)c(F)c(-c2cc(N)n[nH]2)c1F. The summed E-state index contributed by atoms with van der Waals surface area (Å²) in [5.41, 5.74) is 5.19. The molecule has 0 spiro atoms. The first kappa shape index (κ1) is 12.2. The van der Waals surface area contributed by atoms with Gasteiger partial charge in [-0.2, -0.15) is 5.10 Å². The van der Waals surface area contributed by atoms with Gasteiger partial charge >= 0.3 is 0 Å². The van der Waals surface area contributed by atoms with Crippen LogP contribution in [-0.2, 0) is 0 Å². The third-order valence-electron chi connectivity index (χ3n) is 2.44. The molecule has 1 aromatic heterocycles. The quantitative estimate of drug-likeness (QED) is 0.879. The van der Waals surface area contributed by atoms with Crippen molar-refractivity contribution >= 4 is 5.82 Å². The van der Waals surface area contributed by atoms with Crippen LogP contribution in [0, 0.1) is 11.6 Å². The standard InChI is InChI=1S/C11H11F2N3O2/c1-17-6-4-7(18-2)11(13)9(10(6)12)5-3-8(14)16-15-5/h3-4H,1-2H3,(H3,14,15,16). The van der Waals surface area contributed by atoms with Gasteiger partial charge in [-0.15, -0.1) is 0 Å². The number of nitrogen functional groups attached to an aromatic ring is 1. The summed E-state index contributed by atoms with van der Waals surface area (Å²) in [7, 11) is 2.56. The van der Waals surface area contributed by atoms with Crippen molar-refractivity contribution in [2.75, 3.05) is 20.0 Å². The van der Waals surface area contributed by atoms with E-state index in [1.807, 2.05) is 0 Å². The highest BCUT2D eigenvalue weighted by molar-refractivity contribution is 5.68. The lowest BCUT2D eigenvalue weighted by molar-refractivity contribution is 0.359. The zero-order valence-electron chi connectivity index (χ0n) is 9.75. The van der Waals surface area contributed by atoms with Crippen molar-refractivity contribution in [3.05, 3.63) is 23.8 Å². The van der Waals surface area contributed by atoms with Crippen molar-refractivity contribution in [1.82, 2.24) is 10.2 Å². The van der Waals surface area contributed by atoms with E-state index in [2.05, 4.69) is 10.2 Å². The number of nitrogens with two attached hydrogens (primary N) is 1. The summed E-state index contributed by atoms with van der Waals surface area (Å²) in [6.07, 6.45) is 0. The van der Waals surface area contributed by atoms with Crippen molar-refractivity contribution in [1.29, 1.82) is 0 Å². The largest absolute Gasteiger partial charge is 0.494 e. The molecular formula is C11H11F2N3O2. The molecule has 0 aliphatic heterocycles. The minimum absolute atomic E-state index is 0.111. The Bertz CT molecular complexity index is 556. The van der Waals surface area contributed by atoms with E-state index in [4.69, 9.17) is 15.2 Å². The molecule has 0 unspecified atom stereocenters. The van der Waals surface area contributed by atoms with Gasteiger partial charge in [-0.05, 0) is 0 Å². The average Bonchev–Trinajstić information content (AvgIpc) is 2.76. The fraction of sp³-hybridized carbons (Fsp3) is 0.182. The molecule has 0 saturated heterocycles. The van der Waals surface area contributed by atoms with E-state index < -0.39 is 11.6 Å². The van der Waals surface area contributed by atoms with Crippen LogP contribution < -0.4 is 15.2 Å². The van der Waals surface area contributed by atoms with E-state index in [1.54, 1.807) is 0 Å². The summed E-state index contributed by atoms with van der Waals surface area (Å²) in [5.74, 6) is -1.82. The molecule has 0 bridgehead atoms. The first-order chi connectivity index (χ1) is 8.58. The summed E-state index contributed by atoms with van der Waals surface area (Å²) in [6, 6.07) is 2.45. The number of anilines is 1. The lowest BCUT2D eigenvalue weighted by atomic mass is 10.1. The molecule has 0 aliphatic rings. The molecule has 2 aromatic rings. The smallest absolute Gasteiger partial charge is 0.177 e. The van der Waals surface area contributed by atoms with Gasteiger partial charge < -0.3 is 15.2 Å². The zero-order chi connectivity index (χ0) is 13.3. The second-order valence-electron chi connectivity index (χ2n) is 3.49. The number of nitrogens with zero attached hydrogens (tertiary/aromatic N) is 1. The number of hydrogen-bond acceptors (Lipinski definition) is 4. The minimum Gasteiger partial charge on any atom is -0.494 e. The molecule has 1 aromatic carbocycles. The first-order valence-corrected chi connectivity index (χ1v) is 4.99. The van der Waals surface area contributed by atoms with E-state index in [0.29, 0.717) is 0 Å². The van der Waals surface area contributed by atoms with Crippen molar-refractivity contribution in [3.8, 4) is 22.8 Å². The number of benzene rings is 1. The number of rotatable bonds is 3. The zero-order valence-corrected chi connectivity index (χ0v) is 9.75. The van der Waals surface area contributed by atoms with Gasteiger partial charge in [0.2, 0.25) is 0 Å². The molecule has 0 amide bonds. The van der Waals surface area contributed by atoms with E-state index in [0.717, 1.165) is 6.07 Å². The Hall–Kier alpha value is -2.31. The number of aromatic nitrogens is 2. The highest BCUT2D eigenvalue weighted by Gasteiger charge is 2.22. The van der Waals surface area contributed by atoms with Crippen LogP contribution >= 0.6 is 0 Å². The Balaban J connectivity index is 2.71. The fourth-order valence-electron chi connectivity index (χ4n) is 1.59. The Morgan fingerprint density at radius 1 is 1.11 bits per heavy atom. The van der Waals surface area contributed by atoms with Crippen molar-refractivity contribution in [2.45, 2.75) is 0 Å². The fourth-order valence-corrected chi connectivity index (χ4v) is 1.59. The number of hydrogen-bond donors (Lipinski definition) is 2. The van der Waals surface area contributed by atoms with Gasteiger partial charge in [-0.3, -0.25) is 5.10 Å². The van der Waals surface area contributed by atoms with Crippen molar-refractivity contribution in [3.63, 3.8) is 0 Å². The molecular weight excluding hydrogens is 244 g/mol. The maximum atomic E-state index is 14.0. The molecule has 3 N–H and O–H groups in total. The normalized spacial score (nSPS) is 10.4. The summed E-state index contributed by atoms with van der Waals surface area (Å²) < 4.78 is 37.7. The molecule has 2 rings (SSSR count). The van der Waals surface area contributed by atoms with Gasteiger partial charge in [0.1, 0.15) is 5.82 Å². The predicted octanol–water partition coefficient (Wildman–Crippen LogP) is 1.95. The second kappa shape index (κ2) is 4.52.